The number of nitrogens with zero attached hydrogens (tertiary/aromatic N) is 4. The molecule has 1 aliphatic rings. The number of fused-ring (bicyclic) bond motifs is 1. The number of aromatic nitrogens is 2. The molecule has 188 valence electrons. The Balaban J connectivity index is 1.27. The molecule has 0 unspecified atom stereocenters. The van der Waals surface area contributed by atoms with Crippen LogP contribution < -0.4 is 14.8 Å². The van der Waals surface area contributed by atoms with Gasteiger partial charge in [0.05, 0.1) is 31.3 Å². The number of thiazole rings is 1. The Morgan fingerprint density at radius 2 is 1.78 bits per heavy atom. The lowest BCUT2D eigenvalue weighted by molar-refractivity contribution is 0.142. The van der Waals surface area contributed by atoms with E-state index in [1.54, 1.807) is 43.8 Å². The molecule has 9 heteroatoms. The van der Waals surface area contributed by atoms with Gasteiger partial charge in [0.25, 0.3) is 0 Å². The average molecular weight is 506 g/mol. The Kier molecular flexibility index (Phi) is 6.84. The first kappa shape index (κ1) is 24.1. The van der Waals surface area contributed by atoms with Crippen molar-refractivity contribution < 1.29 is 14.3 Å². The molecule has 1 saturated heterocycles. The first-order chi connectivity index (χ1) is 17.4. The number of rotatable bonds is 6. The summed E-state index contributed by atoms with van der Waals surface area (Å²) in [5.74, 6) is 1.25. The maximum absolute atomic E-state index is 13.0. The highest BCUT2D eigenvalue weighted by Gasteiger charge is 2.25. The standard InChI is InChI=1S/C27H31N5O3S/c1-18-5-7-20(8-6-18)25-23(32-16-19(2)36-27(32)29-25)17-30-11-13-31(14-12-30)26(33)28-22-10-9-21(34-3)15-24(22)35-4/h5-10,15-16H,11-14,17H2,1-4H3,(H,28,33). The lowest BCUT2D eigenvalue weighted by atomic mass is 10.1. The zero-order valence-corrected chi connectivity index (χ0v) is 21.9. The Hall–Kier alpha value is -3.56. The molecule has 0 saturated carbocycles. The lowest BCUT2D eigenvalue weighted by Crippen LogP contribution is -2.49. The zero-order valence-electron chi connectivity index (χ0n) is 21.1. The number of urea groups is 1. The van der Waals surface area contributed by atoms with E-state index in [9.17, 15) is 4.79 Å². The van der Waals surface area contributed by atoms with E-state index in [0.29, 0.717) is 30.3 Å². The molecule has 0 aliphatic carbocycles. The number of methoxy groups -OCH3 is 2. The number of benzene rings is 2. The second kappa shape index (κ2) is 10.2. The van der Waals surface area contributed by atoms with Gasteiger partial charge in [0.15, 0.2) is 4.96 Å². The summed E-state index contributed by atoms with van der Waals surface area (Å²) in [7, 11) is 3.18. The quantitative estimate of drug-likeness (QED) is 0.397. The van der Waals surface area contributed by atoms with Crippen molar-refractivity contribution >= 4 is 28.0 Å². The summed E-state index contributed by atoms with van der Waals surface area (Å²) in [6.45, 7) is 7.86. The average Bonchev–Trinajstić information content (AvgIpc) is 3.41. The van der Waals surface area contributed by atoms with Crippen LogP contribution in [0.1, 0.15) is 16.1 Å². The summed E-state index contributed by atoms with van der Waals surface area (Å²) in [4.78, 5) is 24.4. The molecule has 2 amide bonds. The number of carbonyl (C=O) groups excluding carboxylic acids is 1. The number of aryl methyl sites for hydroxylation is 2. The van der Waals surface area contributed by atoms with Gasteiger partial charge in [-0.1, -0.05) is 29.8 Å². The monoisotopic (exact) mass is 505 g/mol. The second-order valence-corrected chi connectivity index (χ2v) is 10.2. The number of anilines is 1. The molecule has 2 aromatic carbocycles. The van der Waals surface area contributed by atoms with Crippen LogP contribution in [0.15, 0.2) is 48.7 Å². The zero-order chi connectivity index (χ0) is 25.2. The van der Waals surface area contributed by atoms with Gasteiger partial charge in [-0.2, -0.15) is 0 Å². The summed E-state index contributed by atoms with van der Waals surface area (Å²) in [5, 5.41) is 2.98. The minimum atomic E-state index is -0.126. The summed E-state index contributed by atoms with van der Waals surface area (Å²) in [6, 6.07) is 13.8. The molecule has 2 aromatic heterocycles. The molecule has 8 nitrogen and oxygen atoms in total. The second-order valence-electron chi connectivity index (χ2n) is 9.03. The molecular weight excluding hydrogens is 474 g/mol. The van der Waals surface area contributed by atoms with Crippen molar-refractivity contribution in [2.45, 2.75) is 20.4 Å². The van der Waals surface area contributed by atoms with Gasteiger partial charge in [-0.3, -0.25) is 9.30 Å². The van der Waals surface area contributed by atoms with Crippen LogP contribution in [0.4, 0.5) is 10.5 Å². The molecule has 3 heterocycles. The fourth-order valence-corrected chi connectivity index (χ4v) is 5.36. The first-order valence-electron chi connectivity index (χ1n) is 12.0. The fourth-order valence-electron chi connectivity index (χ4n) is 4.51. The van der Waals surface area contributed by atoms with Crippen LogP contribution in [-0.2, 0) is 6.54 Å². The number of imidazole rings is 1. The number of carbonyl (C=O) groups is 1. The van der Waals surface area contributed by atoms with Crippen molar-refractivity contribution in [3.63, 3.8) is 0 Å². The molecule has 0 bridgehead atoms. The lowest BCUT2D eigenvalue weighted by Gasteiger charge is -2.34. The van der Waals surface area contributed by atoms with Gasteiger partial charge >= 0.3 is 6.03 Å². The van der Waals surface area contributed by atoms with Crippen LogP contribution in [-0.4, -0.2) is 65.6 Å². The topological polar surface area (TPSA) is 71.3 Å². The fraction of sp³-hybridized carbons (Fsp3) is 0.333. The van der Waals surface area contributed by atoms with Gasteiger partial charge in [0.2, 0.25) is 0 Å². The first-order valence-corrected chi connectivity index (χ1v) is 12.8. The minimum Gasteiger partial charge on any atom is -0.497 e. The maximum atomic E-state index is 13.0. The van der Waals surface area contributed by atoms with E-state index in [1.165, 1.54) is 16.1 Å². The van der Waals surface area contributed by atoms with Gasteiger partial charge in [-0.05, 0) is 26.0 Å². The molecule has 1 fully saturated rings. The van der Waals surface area contributed by atoms with Crippen LogP contribution in [0.3, 0.4) is 0 Å². The van der Waals surface area contributed by atoms with E-state index >= 15 is 0 Å². The maximum Gasteiger partial charge on any atom is 0.322 e. The molecule has 0 atom stereocenters. The predicted octanol–water partition coefficient (Wildman–Crippen LogP) is 5.05. The Bertz CT molecular complexity index is 1370. The summed E-state index contributed by atoms with van der Waals surface area (Å²) >= 11 is 1.71. The predicted molar refractivity (Wildman–Crippen MR) is 143 cm³/mol. The third-order valence-electron chi connectivity index (χ3n) is 6.55. The number of amides is 2. The third-order valence-corrected chi connectivity index (χ3v) is 7.45. The summed E-state index contributed by atoms with van der Waals surface area (Å²) in [5.41, 5.74) is 5.23. The smallest absolute Gasteiger partial charge is 0.322 e. The molecule has 0 spiro atoms. The van der Waals surface area contributed by atoms with Gasteiger partial charge in [0.1, 0.15) is 11.5 Å². The van der Waals surface area contributed by atoms with E-state index in [1.807, 2.05) is 4.90 Å². The molecule has 1 aliphatic heterocycles. The SMILES string of the molecule is COc1ccc(NC(=O)N2CCN(Cc3c(-c4ccc(C)cc4)nc4sc(C)cn34)CC2)c(OC)c1. The number of hydrogen-bond acceptors (Lipinski definition) is 6. The largest absolute Gasteiger partial charge is 0.497 e. The highest BCUT2D eigenvalue weighted by Crippen LogP contribution is 2.31. The van der Waals surface area contributed by atoms with Gasteiger partial charge in [-0.25, -0.2) is 9.78 Å². The van der Waals surface area contributed by atoms with Crippen LogP contribution in [0, 0.1) is 13.8 Å². The Labute approximate surface area is 215 Å². The minimum absolute atomic E-state index is 0.126. The van der Waals surface area contributed by atoms with Crippen LogP contribution in [0.25, 0.3) is 16.2 Å². The van der Waals surface area contributed by atoms with E-state index in [2.05, 4.69) is 58.9 Å². The van der Waals surface area contributed by atoms with Crippen molar-refractivity contribution in [1.82, 2.24) is 19.2 Å². The number of ether oxygens (including phenoxy) is 2. The molecule has 1 N–H and O–H groups in total. The van der Waals surface area contributed by atoms with E-state index in [0.717, 1.165) is 35.9 Å². The van der Waals surface area contributed by atoms with E-state index < -0.39 is 0 Å². The molecule has 5 rings (SSSR count). The van der Waals surface area contributed by atoms with Crippen molar-refractivity contribution in [2.75, 3.05) is 45.7 Å². The molecular formula is C27H31N5O3S. The van der Waals surface area contributed by atoms with E-state index in [-0.39, 0.29) is 6.03 Å². The molecule has 36 heavy (non-hydrogen) atoms. The van der Waals surface area contributed by atoms with Gasteiger partial charge in [-0.15, -0.1) is 11.3 Å². The number of piperazine rings is 1. The summed E-state index contributed by atoms with van der Waals surface area (Å²) in [6.07, 6.45) is 2.17. The Morgan fingerprint density at radius 3 is 2.47 bits per heavy atom. The highest BCUT2D eigenvalue weighted by molar-refractivity contribution is 7.17. The van der Waals surface area contributed by atoms with Crippen molar-refractivity contribution in [3.05, 3.63) is 64.8 Å². The van der Waals surface area contributed by atoms with Gasteiger partial charge in [0, 0.05) is 55.4 Å². The number of hydrogen-bond donors (Lipinski definition) is 1. The van der Waals surface area contributed by atoms with Crippen LogP contribution >= 0.6 is 11.3 Å². The van der Waals surface area contributed by atoms with Crippen molar-refractivity contribution in [1.29, 1.82) is 0 Å². The van der Waals surface area contributed by atoms with Crippen molar-refractivity contribution in [3.8, 4) is 22.8 Å². The van der Waals surface area contributed by atoms with Crippen LogP contribution in [0.2, 0.25) is 0 Å². The number of nitrogens with one attached hydrogen (secondary N) is 1. The Morgan fingerprint density at radius 1 is 1.03 bits per heavy atom. The molecule has 4 aromatic rings. The molecule has 0 radical (unpaired) electrons. The van der Waals surface area contributed by atoms with Crippen LogP contribution in [0.5, 0.6) is 11.5 Å². The summed E-state index contributed by atoms with van der Waals surface area (Å²) < 4.78 is 12.9. The third kappa shape index (κ3) is 4.89. The van der Waals surface area contributed by atoms with Gasteiger partial charge < -0.3 is 19.7 Å². The highest BCUT2D eigenvalue weighted by atomic mass is 32.1. The normalized spacial score (nSPS) is 14.3. The van der Waals surface area contributed by atoms with Crippen molar-refractivity contribution in [2.24, 2.45) is 0 Å². The van der Waals surface area contributed by atoms with E-state index in [4.69, 9.17) is 14.5 Å².